The van der Waals surface area contributed by atoms with E-state index in [0.29, 0.717) is 12.0 Å². The van der Waals surface area contributed by atoms with E-state index in [9.17, 15) is 9.59 Å². The summed E-state index contributed by atoms with van der Waals surface area (Å²) in [5.74, 6) is 1.84. The van der Waals surface area contributed by atoms with Crippen molar-refractivity contribution in [2.45, 2.75) is 30.9 Å². The van der Waals surface area contributed by atoms with Crippen LogP contribution in [0.1, 0.15) is 29.8 Å². The monoisotopic (exact) mass is 345 g/mol. The molecule has 1 aromatic carbocycles. The van der Waals surface area contributed by atoms with E-state index in [0.717, 1.165) is 36.2 Å². The van der Waals surface area contributed by atoms with Crippen LogP contribution in [-0.4, -0.2) is 35.7 Å². The highest BCUT2D eigenvalue weighted by Gasteiger charge is 2.41. The number of hydrogen-bond acceptors (Lipinski definition) is 5. The smallest absolute Gasteiger partial charge is 0.344 e. The molecule has 1 amide bonds. The number of fused-ring (bicyclic) bond motifs is 1. The van der Waals surface area contributed by atoms with Crippen LogP contribution in [0.15, 0.2) is 39.5 Å². The van der Waals surface area contributed by atoms with Gasteiger partial charge in [0.1, 0.15) is 0 Å². The number of carbonyl (C=O) groups excluding carboxylic acids is 1. The largest absolute Gasteiger partial charge is 0.417 e. The van der Waals surface area contributed by atoms with Crippen LogP contribution in [0.25, 0.3) is 10.8 Å². The third-order valence-corrected chi connectivity index (χ3v) is 6.01. The van der Waals surface area contributed by atoms with E-state index in [4.69, 9.17) is 9.15 Å². The fourth-order valence-corrected chi connectivity index (χ4v) is 4.90. The van der Waals surface area contributed by atoms with Gasteiger partial charge in [0, 0.05) is 18.4 Å². The second kappa shape index (κ2) is 6.26. The average molecular weight is 345 g/mol. The Kier molecular flexibility index (Phi) is 4.10. The zero-order valence-electron chi connectivity index (χ0n) is 13.2. The molecule has 0 bridgehead atoms. The maximum Gasteiger partial charge on any atom is 0.344 e. The first-order valence-electron chi connectivity index (χ1n) is 8.21. The number of benzene rings is 1. The molecule has 0 unspecified atom stereocenters. The maximum absolute atomic E-state index is 12.5. The fourth-order valence-electron chi connectivity index (χ4n) is 3.52. The lowest BCUT2D eigenvalue weighted by Crippen LogP contribution is -2.48. The van der Waals surface area contributed by atoms with Gasteiger partial charge in [-0.3, -0.25) is 4.79 Å². The van der Waals surface area contributed by atoms with Crippen molar-refractivity contribution in [3.8, 4) is 0 Å². The third-order valence-electron chi connectivity index (χ3n) is 4.79. The quantitative estimate of drug-likeness (QED) is 0.906. The summed E-state index contributed by atoms with van der Waals surface area (Å²) in [6.07, 6.45) is 2.65. The van der Waals surface area contributed by atoms with Gasteiger partial charge in [0.2, 0.25) is 0 Å². The fraction of sp³-hybridized carbons (Fsp3) is 0.444. The van der Waals surface area contributed by atoms with E-state index in [1.807, 2.05) is 23.9 Å². The van der Waals surface area contributed by atoms with E-state index < -0.39 is 5.63 Å². The minimum Gasteiger partial charge on any atom is -0.417 e. The third kappa shape index (κ3) is 2.96. The molecule has 2 aromatic rings. The molecule has 6 heteroatoms. The summed E-state index contributed by atoms with van der Waals surface area (Å²) in [5, 5.41) is 4.22. The minimum atomic E-state index is -0.478. The van der Waals surface area contributed by atoms with Crippen molar-refractivity contribution >= 4 is 28.4 Å². The predicted octanol–water partition coefficient (Wildman–Crippen LogP) is 2.58. The molecule has 2 aliphatic heterocycles. The lowest BCUT2D eigenvalue weighted by molar-refractivity contribution is -0.0689. The molecule has 5 nitrogen and oxygen atoms in total. The van der Waals surface area contributed by atoms with Crippen LogP contribution in [-0.2, 0) is 4.74 Å². The first kappa shape index (κ1) is 15.7. The number of ether oxygens (including phenoxy) is 1. The van der Waals surface area contributed by atoms with Crippen LogP contribution in [0, 0.1) is 0 Å². The Morgan fingerprint density at radius 1 is 1.33 bits per heavy atom. The molecule has 0 aliphatic carbocycles. The summed E-state index contributed by atoms with van der Waals surface area (Å²) in [6.45, 7) is 0.660. The van der Waals surface area contributed by atoms with Gasteiger partial charge in [-0.1, -0.05) is 18.2 Å². The highest BCUT2D eigenvalue weighted by molar-refractivity contribution is 7.99. The van der Waals surface area contributed by atoms with E-state index in [1.165, 1.54) is 0 Å². The topological polar surface area (TPSA) is 68.5 Å². The number of thioether (sulfide) groups is 1. The Balaban J connectivity index is 1.53. The second-order valence-electron chi connectivity index (χ2n) is 6.48. The first-order chi connectivity index (χ1) is 11.7. The molecule has 0 saturated carbocycles. The molecule has 1 spiro atoms. The molecule has 24 heavy (non-hydrogen) atoms. The molecular formula is C18H19NO4S. The van der Waals surface area contributed by atoms with Crippen LogP contribution in [0.3, 0.4) is 0 Å². The summed E-state index contributed by atoms with van der Waals surface area (Å²) < 4.78 is 11.2. The number of rotatable bonds is 2. The molecule has 0 radical (unpaired) electrons. The molecule has 1 aromatic heterocycles. The molecule has 126 valence electrons. The van der Waals surface area contributed by atoms with Crippen molar-refractivity contribution in [1.82, 2.24) is 5.32 Å². The van der Waals surface area contributed by atoms with Crippen molar-refractivity contribution in [2.75, 3.05) is 18.1 Å². The van der Waals surface area contributed by atoms with Gasteiger partial charge in [-0.25, -0.2) is 4.79 Å². The lowest BCUT2D eigenvalue weighted by Gasteiger charge is -2.37. The van der Waals surface area contributed by atoms with Gasteiger partial charge in [-0.15, -0.1) is 0 Å². The standard InChI is InChI=1S/C18H19NO4S/c20-16(15-9-12-3-1-2-4-14(12)17(21)23-15)19-13-5-7-22-18(10-13)6-8-24-11-18/h1-4,9,13H,5-8,10-11H2,(H,19,20)/t13-,18-/m1/s1. The summed E-state index contributed by atoms with van der Waals surface area (Å²) in [6, 6.07) is 8.81. The highest BCUT2D eigenvalue weighted by atomic mass is 32.2. The van der Waals surface area contributed by atoms with E-state index >= 15 is 0 Å². The van der Waals surface area contributed by atoms with Crippen molar-refractivity contribution in [2.24, 2.45) is 0 Å². The van der Waals surface area contributed by atoms with Gasteiger partial charge in [0.25, 0.3) is 5.91 Å². The Morgan fingerprint density at radius 2 is 2.21 bits per heavy atom. The lowest BCUT2D eigenvalue weighted by atomic mass is 9.90. The Bertz CT molecular complexity index is 825. The average Bonchev–Trinajstić information content (AvgIpc) is 3.02. The summed E-state index contributed by atoms with van der Waals surface area (Å²) >= 11 is 1.90. The van der Waals surface area contributed by atoms with Crippen molar-refractivity contribution in [3.05, 3.63) is 46.5 Å². The van der Waals surface area contributed by atoms with Crippen LogP contribution < -0.4 is 10.9 Å². The van der Waals surface area contributed by atoms with Gasteiger partial charge in [0.15, 0.2) is 5.76 Å². The SMILES string of the molecule is O=C(N[C@@H]1CCO[C@]2(CCSC2)C1)c1cc2ccccc2c(=O)o1. The van der Waals surface area contributed by atoms with Gasteiger partial charge in [-0.05, 0) is 42.5 Å². The molecule has 4 rings (SSSR count). The summed E-state index contributed by atoms with van der Waals surface area (Å²) in [7, 11) is 0. The van der Waals surface area contributed by atoms with Crippen LogP contribution in [0.4, 0.5) is 0 Å². The van der Waals surface area contributed by atoms with Gasteiger partial charge >= 0.3 is 5.63 Å². The Hall–Kier alpha value is -1.79. The van der Waals surface area contributed by atoms with Crippen LogP contribution >= 0.6 is 11.8 Å². The number of hydrogen-bond donors (Lipinski definition) is 1. The van der Waals surface area contributed by atoms with Crippen molar-refractivity contribution in [1.29, 1.82) is 0 Å². The number of amides is 1. The second-order valence-corrected chi connectivity index (χ2v) is 7.59. The first-order valence-corrected chi connectivity index (χ1v) is 9.36. The number of nitrogens with one attached hydrogen (secondary N) is 1. The van der Waals surface area contributed by atoms with Crippen LogP contribution in [0.5, 0.6) is 0 Å². The zero-order valence-corrected chi connectivity index (χ0v) is 14.1. The van der Waals surface area contributed by atoms with Gasteiger partial charge in [-0.2, -0.15) is 11.8 Å². The predicted molar refractivity (Wildman–Crippen MR) is 93.6 cm³/mol. The molecule has 2 fully saturated rings. The molecular weight excluding hydrogens is 326 g/mol. The van der Waals surface area contributed by atoms with Gasteiger partial charge < -0.3 is 14.5 Å². The van der Waals surface area contributed by atoms with Crippen molar-refractivity contribution in [3.63, 3.8) is 0 Å². The van der Waals surface area contributed by atoms with E-state index in [-0.39, 0.29) is 23.3 Å². The Labute approximate surface area is 143 Å². The molecule has 2 atom stereocenters. The van der Waals surface area contributed by atoms with E-state index in [2.05, 4.69) is 5.32 Å². The Morgan fingerprint density at radius 3 is 3.04 bits per heavy atom. The highest BCUT2D eigenvalue weighted by Crippen LogP contribution is 2.38. The van der Waals surface area contributed by atoms with Gasteiger partial charge in [0.05, 0.1) is 11.0 Å². The molecule has 2 aliphatic rings. The summed E-state index contributed by atoms with van der Waals surface area (Å²) in [4.78, 5) is 24.6. The van der Waals surface area contributed by atoms with E-state index in [1.54, 1.807) is 18.2 Å². The molecule has 2 saturated heterocycles. The summed E-state index contributed by atoms with van der Waals surface area (Å²) in [5.41, 5.74) is -0.570. The normalized spacial score (nSPS) is 26.8. The van der Waals surface area contributed by atoms with Crippen LogP contribution in [0.2, 0.25) is 0 Å². The minimum absolute atomic E-state index is 0.0572. The zero-order chi connectivity index (χ0) is 16.6. The van der Waals surface area contributed by atoms with Crippen molar-refractivity contribution < 1.29 is 13.9 Å². The maximum atomic E-state index is 12.5. The number of carbonyl (C=O) groups is 1. The molecule has 1 N–H and O–H groups in total. The molecule has 3 heterocycles.